The molecule has 0 radical (unpaired) electrons. The number of hydrogen-bond acceptors (Lipinski definition) is 7. The van der Waals surface area contributed by atoms with E-state index < -0.39 is 0 Å². The summed E-state index contributed by atoms with van der Waals surface area (Å²) in [6.07, 6.45) is 0.564. The number of ether oxygens (including phenoxy) is 2. The van der Waals surface area contributed by atoms with Gasteiger partial charge in [0.2, 0.25) is 5.89 Å². The number of methoxy groups -OCH3 is 2. The highest BCUT2D eigenvalue weighted by Crippen LogP contribution is 2.27. The number of carbonyl (C=O) groups is 1. The number of nitrogens with zero attached hydrogens (tertiary/aromatic N) is 2. The van der Waals surface area contributed by atoms with Gasteiger partial charge >= 0.3 is 0 Å². The molecule has 1 aromatic heterocycles. The van der Waals surface area contributed by atoms with Gasteiger partial charge in [-0.25, -0.2) is 0 Å². The molecule has 0 unspecified atom stereocenters. The zero-order valence-corrected chi connectivity index (χ0v) is 15.3. The van der Waals surface area contributed by atoms with Crippen molar-refractivity contribution in [2.45, 2.75) is 11.6 Å². The van der Waals surface area contributed by atoms with Crippen LogP contribution in [0, 0.1) is 0 Å². The molecule has 0 saturated carbocycles. The van der Waals surface area contributed by atoms with Crippen LogP contribution in [0.2, 0.25) is 0 Å². The van der Waals surface area contributed by atoms with Crippen LogP contribution in [0.3, 0.4) is 0 Å². The van der Waals surface area contributed by atoms with Crippen LogP contribution < -0.4 is 9.47 Å². The van der Waals surface area contributed by atoms with Crippen LogP contribution in [-0.2, 0) is 6.42 Å². The predicted octanol–water partition coefficient (Wildman–Crippen LogP) is 3.65. The lowest BCUT2D eigenvalue weighted by atomic mass is 10.1. The minimum atomic E-state index is -0.0858. The van der Waals surface area contributed by atoms with Gasteiger partial charge in [0, 0.05) is 6.07 Å². The van der Waals surface area contributed by atoms with Crippen LogP contribution in [0.4, 0.5) is 0 Å². The molecule has 26 heavy (non-hydrogen) atoms. The van der Waals surface area contributed by atoms with Gasteiger partial charge < -0.3 is 13.9 Å². The first-order valence-corrected chi connectivity index (χ1v) is 8.92. The molecule has 134 valence electrons. The van der Waals surface area contributed by atoms with Gasteiger partial charge in [-0.05, 0) is 17.7 Å². The average Bonchev–Trinajstić information content (AvgIpc) is 3.13. The zero-order chi connectivity index (χ0) is 18.4. The number of carbonyl (C=O) groups excluding carboxylic acids is 1. The molecular formula is C19H18N2O4S. The van der Waals surface area contributed by atoms with Crippen molar-refractivity contribution in [3.8, 4) is 11.5 Å². The van der Waals surface area contributed by atoms with E-state index in [-0.39, 0.29) is 11.5 Å². The number of rotatable bonds is 8. The number of aromatic nitrogens is 2. The quantitative estimate of drug-likeness (QED) is 0.442. The number of benzene rings is 2. The highest BCUT2D eigenvalue weighted by molar-refractivity contribution is 7.99. The van der Waals surface area contributed by atoms with Crippen molar-refractivity contribution in [3.05, 3.63) is 65.5 Å². The highest BCUT2D eigenvalue weighted by atomic mass is 32.2. The molecule has 2 aromatic carbocycles. The Bertz CT molecular complexity index is 880. The Kier molecular flexibility index (Phi) is 5.91. The monoisotopic (exact) mass is 370 g/mol. The van der Waals surface area contributed by atoms with Gasteiger partial charge in [-0.15, -0.1) is 10.2 Å². The summed E-state index contributed by atoms with van der Waals surface area (Å²) in [5, 5.41) is 8.39. The third-order valence-electron chi connectivity index (χ3n) is 3.68. The van der Waals surface area contributed by atoms with Crippen molar-refractivity contribution < 1.29 is 18.7 Å². The van der Waals surface area contributed by atoms with Crippen molar-refractivity contribution in [3.63, 3.8) is 0 Å². The van der Waals surface area contributed by atoms with E-state index in [0.29, 0.717) is 34.6 Å². The molecule has 0 atom stereocenters. The lowest BCUT2D eigenvalue weighted by Crippen LogP contribution is -2.05. The molecule has 0 fully saturated rings. The molecule has 0 aliphatic heterocycles. The predicted molar refractivity (Wildman–Crippen MR) is 98.1 cm³/mol. The number of Topliss-reactive ketones (excluding diaryl/α,β-unsaturated/α-hetero) is 1. The summed E-state index contributed by atoms with van der Waals surface area (Å²) >= 11 is 1.21. The standard InChI is InChI=1S/C19H18N2O4S/c1-23-14-8-9-15(17(11-14)24-2)16(22)12-26-19-21-20-18(25-19)10-13-6-4-3-5-7-13/h3-9,11H,10,12H2,1-2H3. The lowest BCUT2D eigenvalue weighted by Gasteiger charge is -2.08. The molecule has 3 aromatic rings. The van der Waals surface area contributed by atoms with Crippen LogP contribution >= 0.6 is 11.8 Å². The third-order valence-corrected chi connectivity index (χ3v) is 4.50. The van der Waals surface area contributed by atoms with Crippen molar-refractivity contribution in [1.82, 2.24) is 10.2 Å². The van der Waals surface area contributed by atoms with Crippen molar-refractivity contribution in [2.24, 2.45) is 0 Å². The van der Waals surface area contributed by atoms with Crippen LogP contribution in [0.25, 0.3) is 0 Å². The fourth-order valence-corrected chi connectivity index (χ4v) is 3.04. The molecule has 0 spiro atoms. The Morgan fingerprint density at radius 3 is 2.62 bits per heavy atom. The van der Waals surface area contributed by atoms with E-state index >= 15 is 0 Å². The van der Waals surface area contributed by atoms with Crippen LogP contribution in [0.1, 0.15) is 21.8 Å². The Morgan fingerprint density at radius 2 is 1.88 bits per heavy atom. The molecule has 0 bridgehead atoms. The van der Waals surface area contributed by atoms with Gasteiger partial charge in [-0.3, -0.25) is 4.79 Å². The van der Waals surface area contributed by atoms with Gasteiger partial charge in [0.05, 0.1) is 32.0 Å². The molecule has 7 heteroatoms. The van der Waals surface area contributed by atoms with Gasteiger partial charge in [-0.1, -0.05) is 42.1 Å². The Hall–Kier alpha value is -2.80. The van der Waals surface area contributed by atoms with E-state index in [1.807, 2.05) is 30.3 Å². The first-order valence-electron chi connectivity index (χ1n) is 7.94. The van der Waals surface area contributed by atoms with Gasteiger partial charge in [0.25, 0.3) is 5.22 Å². The van der Waals surface area contributed by atoms with E-state index in [2.05, 4.69) is 10.2 Å². The first-order chi connectivity index (χ1) is 12.7. The summed E-state index contributed by atoms with van der Waals surface area (Å²) in [4.78, 5) is 12.5. The summed E-state index contributed by atoms with van der Waals surface area (Å²) in [5.41, 5.74) is 1.58. The van der Waals surface area contributed by atoms with Crippen LogP contribution in [0.15, 0.2) is 58.2 Å². The summed E-state index contributed by atoms with van der Waals surface area (Å²) in [6.45, 7) is 0. The number of ketones is 1. The molecule has 0 N–H and O–H groups in total. The normalized spacial score (nSPS) is 10.5. The third kappa shape index (κ3) is 4.43. The topological polar surface area (TPSA) is 74.5 Å². The Balaban J connectivity index is 1.61. The lowest BCUT2D eigenvalue weighted by molar-refractivity contribution is 0.101. The van der Waals surface area contributed by atoms with Crippen molar-refractivity contribution >= 4 is 17.5 Å². The summed E-state index contributed by atoms with van der Waals surface area (Å²) in [7, 11) is 3.08. The van der Waals surface area contributed by atoms with Crippen LogP contribution in [0.5, 0.6) is 11.5 Å². The van der Waals surface area contributed by atoms with Gasteiger partial charge in [0.15, 0.2) is 5.78 Å². The summed E-state index contributed by atoms with van der Waals surface area (Å²) < 4.78 is 16.0. The van der Waals surface area contributed by atoms with E-state index in [1.165, 1.54) is 18.9 Å². The summed E-state index contributed by atoms with van der Waals surface area (Å²) in [6, 6.07) is 15.0. The second-order valence-corrected chi connectivity index (χ2v) is 6.33. The van der Waals surface area contributed by atoms with Crippen molar-refractivity contribution in [1.29, 1.82) is 0 Å². The molecule has 6 nitrogen and oxygen atoms in total. The van der Waals surface area contributed by atoms with E-state index in [0.717, 1.165) is 5.56 Å². The minimum absolute atomic E-state index is 0.0858. The molecule has 0 aliphatic carbocycles. The van der Waals surface area contributed by atoms with Gasteiger partial charge in [0.1, 0.15) is 11.5 Å². The zero-order valence-electron chi connectivity index (χ0n) is 14.5. The first kappa shape index (κ1) is 18.0. The second-order valence-electron chi connectivity index (χ2n) is 5.40. The molecule has 0 saturated heterocycles. The molecule has 0 amide bonds. The molecule has 3 rings (SSSR count). The largest absolute Gasteiger partial charge is 0.497 e. The maximum absolute atomic E-state index is 12.5. The minimum Gasteiger partial charge on any atom is -0.497 e. The Labute approximate surface area is 155 Å². The van der Waals surface area contributed by atoms with E-state index in [4.69, 9.17) is 13.9 Å². The maximum atomic E-state index is 12.5. The fourth-order valence-electron chi connectivity index (χ4n) is 2.37. The second kappa shape index (κ2) is 8.53. The number of thioether (sulfide) groups is 1. The van der Waals surface area contributed by atoms with E-state index in [9.17, 15) is 4.79 Å². The molecule has 0 aliphatic rings. The SMILES string of the molecule is COc1ccc(C(=O)CSc2nnc(Cc3ccccc3)o2)c(OC)c1. The fraction of sp³-hybridized carbons (Fsp3) is 0.211. The molecule has 1 heterocycles. The Morgan fingerprint density at radius 1 is 1.08 bits per heavy atom. The average molecular weight is 370 g/mol. The van der Waals surface area contributed by atoms with Crippen molar-refractivity contribution in [2.75, 3.05) is 20.0 Å². The van der Waals surface area contributed by atoms with Crippen LogP contribution in [-0.4, -0.2) is 36.0 Å². The maximum Gasteiger partial charge on any atom is 0.277 e. The number of hydrogen-bond donors (Lipinski definition) is 0. The van der Waals surface area contributed by atoms with E-state index in [1.54, 1.807) is 25.3 Å². The molecular weight excluding hydrogens is 352 g/mol. The van der Waals surface area contributed by atoms with Gasteiger partial charge in [-0.2, -0.15) is 0 Å². The smallest absolute Gasteiger partial charge is 0.277 e. The highest BCUT2D eigenvalue weighted by Gasteiger charge is 2.16. The summed E-state index contributed by atoms with van der Waals surface area (Å²) in [5.74, 6) is 1.72.